The van der Waals surface area contributed by atoms with Crippen LogP contribution in [0.2, 0.25) is 0 Å². The molecule has 0 heterocycles. The van der Waals surface area contributed by atoms with Gasteiger partial charge in [0.15, 0.2) is 5.78 Å². The summed E-state index contributed by atoms with van der Waals surface area (Å²) in [6, 6.07) is 11.8. The Hall–Kier alpha value is -1.82. The summed E-state index contributed by atoms with van der Waals surface area (Å²) < 4.78 is 20.1. The van der Waals surface area contributed by atoms with E-state index in [0.29, 0.717) is 35.4 Å². The summed E-state index contributed by atoms with van der Waals surface area (Å²) in [5.41, 5.74) is 7.28. The smallest absolute Gasteiger partial charge is 0.188 e. The van der Waals surface area contributed by atoms with E-state index in [1.807, 2.05) is 28.7 Å². The van der Waals surface area contributed by atoms with Gasteiger partial charge in [-0.15, -0.1) is 0 Å². The predicted octanol–water partition coefficient (Wildman–Crippen LogP) is 3.05. The maximum atomic E-state index is 14.1. The maximum Gasteiger partial charge on any atom is 0.188 e. The van der Waals surface area contributed by atoms with Gasteiger partial charge in [-0.1, -0.05) is 6.07 Å². The number of carbonyl (C=O) groups is 1. The zero-order valence-corrected chi connectivity index (χ0v) is 15.0. The average Bonchev–Trinajstić information content (AvgIpc) is 2.57. The molecule has 0 aromatic heterocycles. The number of carbonyl (C=O) groups excluding carboxylic acids is 1. The number of hydrogen-bond donors (Lipinski definition) is 1. The van der Waals surface area contributed by atoms with E-state index in [1.54, 1.807) is 30.3 Å². The van der Waals surface area contributed by atoms with Crippen molar-refractivity contribution < 1.29 is 13.9 Å². The van der Waals surface area contributed by atoms with Crippen molar-refractivity contribution in [1.82, 2.24) is 0 Å². The predicted molar refractivity (Wildman–Crippen MR) is 97.3 cm³/mol. The molecule has 2 N–H and O–H groups in total. The number of Topliss-reactive ketones (excluding diaryl/α,β-unsaturated/α-hetero) is 1. The summed E-state index contributed by atoms with van der Waals surface area (Å²) in [7, 11) is 0. The number of ether oxygens (including phenoxy) is 1. The third kappa shape index (κ3) is 4.84. The summed E-state index contributed by atoms with van der Waals surface area (Å²) in [6.07, 6.45) is 0.232. The number of nitriles is 1. The van der Waals surface area contributed by atoms with Gasteiger partial charge in [-0.2, -0.15) is 5.26 Å². The molecule has 0 spiro atoms. The van der Waals surface area contributed by atoms with Gasteiger partial charge >= 0.3 is 0 Å². The molecule has 24 heavy (non-hydrogen) atoms. The SMILES string of the molecule is N#Cc1ccc(C(=O)COCCN)c(Cc2ccc(I)cc2F)c1. The van der Waals surface area contributed by atoms with Crippen molar-refractivity contribution in [3.63, 3.8) is 0 Å². The van der Waals surface area contributed by atoms with Crippen molar-refractivity contribution in [2.75, 3.05) is 19.8 Å². The van der Waals surface area contributed by atoms with Crippen LogP contribution in [0.4, 0.5) is 4.39 Å². The molecule has 0 amide bonds. The molecule has 2 aromatic rings. The van der Waals surface area contributed by atoms with Gasteiger partial charge in [-0.3, -0.25) is 4.79 Å². The maximum absolute atomic E-state index is 14.1. The van der Waals surface area contributed by atoms with Gasteiger partial charge in [0, 0.05) is 22.1 Å². The van der Waals surface area contributed by atoms with Gasteiger partial charge in [-0.05, 0) is 64.0 Å². The summed E-state index contributed by atoms with van der Waals surface area (Å²) in [6.45, 7) is 0.537. The van der Waals surface area contributed by atoms with E-state index in [2.05, 4.69) is 0 Å². The molecule has 0 aliphatic carbocycles. The topological polar surface area (TPSA) is 76.1 Å². The van der Waals surface area contributed by atoms with Crippen LogP contribution in [0.15, 0.2) is 36.4 Å². The molecule has 0 saturated carbocycles. The van der Waals surface area contributed by atoms with Crippen LogP contribution in [0.1, 0.15) is 27.0 Å². The number of hydrogen-bond acceptors (Lipinski definition) is 4. The van der Waals surface area contributed by atoms with Crippen LogP contribution in [0.5, 0.6) is 0 Å². The number of rotatable bonds is 7. The van der Waals surface area contributed by atoms with E-state index in [-0.39, 0.29) is 24.6 Å². The second-order valence-electron chi connectivity index (χ2n) is 5.16. The first kappa shape index (κ1) is 18.5. The Labute approximate surface area is 153 Å². The second-order valence-corrected chi connectivity index (χ2v) is 6.41. The van der Waals surface area contributed by atoms with E-state index < -0.39 is 0 Å². The Morgan fingerprint density at radius 1 is 1.25 bits per heavy atom. The molecular formula is C18H16FIN2O2. The lowest BCUT2D eigenvalue weighted by atomic mass is 9.95. The number of halogens is 2. The first-order valence-electron chi connectivity index (χ1n) is 7.33. The number of nitrogens with zero attached hydrogens (tertiary/aromatic N) is 1. The van der Waals surface area contributed by atoms with Crippen molar-refractivity contribution in [3.05, 3.63) is 68.0 Å². The minimum Gasteiger partial charge on any atom is -0.372 e. The van der Waals surface area contributed by atoms with Crippen molar-refractivity contribution in [2.45, 2.75) is 6.42 Å². The molecule has 6 heteroatoms. The van der Waals surface area contributed by atoms with Gasteiger partial charge in [0.1, 0.15) is 12.4 Å². The van der Waals surface area contributed by atoms with Gasteiger partial charge < -0.3 is 10.5 Å². The van der Waals surface area contributed by atoms with Crippen LogP contribution < -0.4 is 5.73 Å². The Bertz CT molecular complexity index is 787. The molecule has 0 aliphatic heterocycles. The molecule has 0 radical (unpaired) electrons. The number of benzene rings is 2. The first-order chi connectivity index (χ1) is 11.5. The lowest BCUT2D eigenvalue weighted by Gasteiger charge is -2.11. The highest BCUT2D eigenvalue weighted by Crippen LogP contribution is 2.20. The Balaban J connectivity index is 2.32. The molecule has 0 unspecified atom stereocenters. The van der Waals surface area contributed by atoms with Crippen LogP contribution in [0.25, 0.3) is 0 Å². The summed E-state index contributed by atoms with van der Waals surface area (Å²) in [5.74, 6) is -0.545. The normalized spacial score (nSPS) is 10.4. The van der Waals surface area contributed by atoms with Crippen molar-refractivity contribution in [3.8, 4) is 6.07 Å². The number of nitrogens with two attached hydrogens (primary N) is 1. The van der Waals surface area contributed by atoms with Gasteiger partial charge in [0.05, 0.1) is 18.2 Å². The van der Waals surface area contributed by atoms with E-state index in [4.69, 9.17) is 15.7 Å². The van der Waals surface area contributed by atoms with E-state index in [9.17, 15) is 9.18 Å². The molecule has 0 atom stereocenters. The third-order valence-electron chi connectivity index (χ3n) is 3.43. The number of ketones is 1. The fraction of sp³-hybridized carbons (Fsp3) is 0.222. The Morgan fingerprint density at radius 2 is 2.04 bits per heavy atom. The van der Waals surface area contributed by atoms with Crippen LogP contribution >= 0.6 is 22.6 Å². The van der Waals surface area contributed by atoms with Crippen LogP contribution in [-0.4, -0.2) is 25.5 Å². The van der Waals surface area contributed by atoms with E-state index >= 15 is 0 Å². The quantitative estimate of drug-likeness (QED) is 0.410. The monoisotopic (exact) mass is 438 g/mol. The highest BCUT2D eigenvalue weighted by atomic mass is 127. The molecule has 4 nitrogen and oxygen atoms in total. The van der Waals surface area contributed by atoms with Crippen molar-refractivity contribution in [1.29, 1.82) is 5.26 Å². The van der Waals surface area contributed by atoms with Gasteiger partial charge in [-0.25, -0.2) is 4.39 Å². The highest BCUT2D eigenvalue weighted by Gasteiger charge is 2.14. The van der Waals surface area contributed by atoms with Crippen LogP contribution in [0, 0.1) is 20.7 Å². The fourth-order valence-electron chi connectivity index (χ4n) is 2.28. The molecule has 0 bridgehead atoms. The van der Waals surface area contributed by atoms with Crippen LogP contribution in [-0.2, 0) is 11.2 Å². The van der Waals surface area contributed by atoms with E-state index in [1.165, 1.54) is 6.07 Å². The highest BCUT2D eigenvalue weighted by molar-refractivity contribution is 14.1. The van der Waals surface area contributed by atoms with Gasteiger partial charge in [0.2, 0.25) is 0 Å². The molecule has 124 valence electrons. The fourth-order valence-corrected chi connectivity index (χ4v) is 2.73. The first-order valence-corrected chi connectivity index (χ1v) is 8.41. The minimum atomic E-state index is -0.331. The van der Waals surface area contributed by atoms with Crippen molar-refractivity contribution in [2.24, 2.45) is 5.73 Å². The molecule has 2 rings (SSSR count). The van der Waals surface area contributed by atoms with Crippen LogP contribution in [0.3, 0.4) is 0 Å². The van der Waals surface area contributed by atoms with Gasteiger partial charge in [0.25, 0.3) is 0 Å². The lowest BCUT2D eigenvalue weighted by Crippen LogP contribution is -2.16. The lowest BCUT2D eigenvalue weighted by molar-refractivity contribution is 0.0773. The zero-order chi connectivity index (χ0) is 17.5. The Kier molecular flexibility index (Phi) is 6.85. The largest absolute Gasteiger partial charge is 0.372 e. The second kappa shape index (κ2) is 8.87. The van der Waals surface area contributed by atoms with E-state index in [0.717, 1.165) is 3.57 Å². The summed E-state index contributed by atoms with van der Waals surface area (Å²) >= 11 is 2.04. The minimum absolute atomic E-state index is 0.0920. The molecule has 2 aromatic carbocycles. The molecule has 0 aliphatic rings. The third-order valence-corrected chi connectivity index (χ3v) is 4.10. The Morgan fingerprint density at radius 3 is 2.71 bits per heavy atom. The zero-order valence-electron chi connectivity index (χ0n) is 12.9. The standard InChI is InChI=1S/C18H16FIN2O2/c19-17-9-15(20)3-2-13(17)8-14-7-12(10-22)1-4-16(14)18(23)11-24-6-5-21/h1-4,7,9H,5-6,8,11,21H2. The summed E-state index contributed by atoms with van der Waals surface area (Å²) in [5, 5.41) is 9.07. The molecular weight excluding hydrogens is 422 g/mol. The summed E-state index contributed by atoms with van der Waals surface area (Å²) in [4.78, 5) is 12.3. The van der Waals surface area contributed by atoms with Crippen molar-refractivity contribution >= 4 is 28.4 Å². The molecule has 0 fully saturated rings. The average molecular weight is 438 g/mol. The molecule has 0 saturated heterocycles.